The van der Waals surface area contributed by atoms with Crippen LogP contribution in [-0.4, -0.2) is 15.0 Å². The number of nitrogens with zero attached hydrogens (tertiary/aromatic N) is 3. The fraction of sp³-hybridized carbons (Fsp3) is 0.0816. The summed E-state index contributed by atoms with van der Waals surface area (Å²) in [6.45, 7) is 0. The Labute approximate surface area is 331 Å². The van der Waals surface area contributed by atoms with Crippen molar-refractivity contribution in [2.75, 3.05) is 0 Å². The molecule has 0 fully saturated rings. The third kappa shape index (κ3) is 10.6. The molecule has 3 nitrogen and oxygen atoms in total. The van der Waals surface area contributed by atoms with Crippen LogP contribution in [0.25, 0.3) is 44.9 Å². The number of pyridine rings is 3. The molecule has 0 spiro atoms. The van der Waals surface area contributed by atoms with Gasteiger partial charge in [0.2, 0.25) is 0 Å². The molecule has 264 valence electrons. The Morgan fingerprint density at radius 2 is 1.00 bits per heavy atom. The molecule has 3 aromatic heterocycles. The smallest absolute Gasteiger partial charge is 0.305 e. The van der Waals surface area contributed by atoms with Crippen LogP contribution in [0.15, 0.2) is 176 Å². The predicted molar refractivity (Wildman–Crippen MR) is 212 cm³/mol. The normalized spacial score (nSPS) is 10.5. The van der Waals surface area contributed by atoms with Crippen LogP contribution in [0, 0.1) is 24.0 Å². The fourth-order valence-electron chi connectivity index (χ4n) is 6.09. The Balaban J connectivity index is 0.000000324. The molecular weight excluding hydrogens is 842 g/mol. The van der Waals surface area contributed by atoms with Crippen molar-refractivity contribution >= 4 is 0 Å². The minimum Gasteiger partial charge on any atom is -0.305 e. The van der Waals surface area contributed by atoms with E-state index in [-0.39, 0.29) is 25.9 Å². The Morgan fingerprint density at radius 1 is 0.426 bits per heavy atom. The van der Waals surface area contributed by atoms with E-state index in [0.29, 0.717) is 0 Å². The third-order valence-corrected chi connectivity index (χ3v) is 8.91. The van der Waals surface area contributed by atoms with Gasteiger partial charge in [-0.3, -0.25) is 4.39 Å². The second-order valence-electron chi connectivity index (χ2n) is 12.7. The molecule has 8 rings (SSSR count). The van der Waals surface area contributed by atoms with Crippen LogP contribution in [0.2, 0.25) is 0 Å². The van der Waals surface area contributed by atoms with Gasteiger partial charge in [0.25, 0.3) is 0 Å². The van der Waals surface area contributed by atoms with Gasteiger partial charge in [0.05, 0.1) is 0 Å². The van der Waals surface area contributed by atoms with Crippen LogP contribution in [0.5, 0.6) is 0 Å². The van der Waals surface area contributed by atoms with Gasteiger partial charge in [-0.05, 0) is 76.3 Å². The molecule has 0 saturated heterocycles. The Hall–Kier alpha value is -5.87. The van der Waals surface area contributed by atoms with E-state index in [0.717, 1.165) is 59.5 Å². The molecule has 0 radical (unpaired) electrons. The van der Waals surface area contributed by atoms with Crippen LogP contribution in [-0.2, 0) is 45.8 Å². The number of aromatic nitrogens is 3. The van der Waals surface area contributed by atoms with Gasteiger partial charge >= 0.3 is 20.1 Å². The maximum Gasteiger partial charge on any atom is 3.00 e. The van der Waals surface area contributed by atoms with Crippen molar-refractivity contribution in [3.63, 3.8) is 0 Å². The van der Waals surface area contributed by atoms with Gasteiger partial charge in [-0.25, -0.2) is 0 Å². The van der Waals surface area contributed by atoms with Crippen molar-refractivity contribution in [1.82, 2.24) is 15.0 Å². The zero-order valence-corrected chi connectivity index (χ0v) is 32.0. The molecule has 0 aliphatic rings. The molecule has 5 aromatic carbocycles. The molecule has 0 aliphatic heterocycles. The van der Waals surface area contributed by atoms with Gasteiger partial charge < -0.3 is 15.0 Å². The standard InChI is InChI=1S/C38H29FN2.C11H8N.Ir/c39-36-20-18-34(19-21-36)38-22-15-29(27-41-38)10-12-31-24-30(25-35(26-31)32-6-2-1-3-7-32)11-9-28-13-16-33(17-14-28)37-8-4-5-23-40-37;1-2-6-10(7-3-1)11-8-4-5-9-12-11;/h1-8,13-16,18,20-27H,9-12H2;1-6,8-9H;/q-2;-1;+3. The average molecular weight is 879 g/mol. The summed E-state index contributed by atoms with van der Waals surface area (Å²) in [5.74, 6) is -0.292. The minimum absolute atomic E-state index is 0. The van der Waals surface area contributed by atoms with Crippen LogP contribution in [0.1, 0.15) is 22.3 Å². The first-order valence-corrected chi connectivity index (χ1v) is 17.8. The summed E-state index contributed by atoms with van der Waals surface area (Å²) in [6, 6.07) is 61.6. The first kappa shape index (κ1) is 37.9. The fourth-order valence-corrected chi connectivity index (χ4v) is 6.09. The Morgan fingerprint density at radius 3 is 1.56 bits per heavy atom. The summed E-state index contributed by atoms with van der Waals surface area (Å²) in [6.07, 6.45) is 9.23. The van der Waals surface area contributed by atoms with Crippen molar-refractivity contribution in [2.24, 2.45) is 0 Å². The number of benzene rings is 5. The van der Waals surface area contributed by atoms with Crippen molar-refractivity contribution in [3.05, 3.63) is 223 Å². The molecule has 5 heteroatoms. The van der Waals surface area contributed by atoms with E-state index in [9.17, 15) is 4.39 Å². The summed E-state index contributed by atoms with van der Waals surface area (Å²) in [4.78, 5) is 13.3. The van der Waals surface area contributed by atoms with E-state index in [2.05, 4.69) is 106 Å². The first-order chi connectivity index (χ1) is 26.2. The summed E-state index contributed by atoms with van der Waals surface area (Å²) in [5.41, 5.74) is 13.1. The van der Waals surface area contributed by atoms with Crippen molar-refractivity contribution < 1.29 is 24.5 Å². The molecule has 8 aromatic rings. The van der Waals surface area contributed by atoms with Crippen LogP contribution in [0.3, 0.4) is 0 Å². The number of aryl methyl sites for hydroxylation is 4. The molecule has 0 atom stereocenters. The van der Waals surface area contributed by atoms with E-state index >= 15 is 0 Å². The molecular formula is C49H37FIrN3. The van der Waals surface area contributed by atoms with Crippen LogP contribution in [0.4, 0.5) is 4.39 Å². The first-order valence-electron chi connectivity index (χ1n) is 17.8. The summed E-state index contributed by atoms with van der Waals surface area (Å²) >= 11 is 0. The van der Waals surface area contributed by atoms with E-state index < -0.39 is 0 Å². The third-order valence-electron chi connectivity index (χ3n) is 8.91. The van der Waals surface area contributed by atoms with Gasteiger partial charge in [-0.15, -0.1) is 101 Å². The maximum absolute atomic E-state index is 13.2. The largest absolute Gasteiger partial charge is 3.00 e. The van der Waals surface area contributed by atoms with E-state index in [1.165, 1.54) is 45.5 Å². The Kier molecular flexibility index (Phi) is 13.5. The monoisotopic (exact) mass is 879 g/mol. The quantitative estimate of drug-likeness (QED) is 0.129. The second kappa shape index (κ2) is 19.3. The molecule has 0 unspecified atom stereocenters. The van der Waals surface area contributed by atoms with Gasteiger partial charge in [-0.1, -0.05) is 91.3 Å². The molecule has 0 saturated carbocycles. The van der Waals surface area contributed by atoms with Crippen molar-refractivity contribution in [1.29, 1.82) is 0 Å². The molecule has 0 aliphatic carbocycles. The SMILES string of the molecule is Fc1c[c-]c(-c2ccc(CCc3cc(CCc4c[c-]c(-c5ccccn5)cc4)cc(-c4ccccc4)c3)cn2)cc1.[Ir+3].[c-]1ccccc1-c1ccccn1. The zero-order chi connectivity index (χ0) is 36.1. The van der Waals surface area contributed by atoms with Gasteiger partial charge in [0.15, 0.2) is 0 Å². The van der Waals surface area contributed by atoms with Crippen molar-refractivity contribution in [2.45, 2.75) is 25.7 Å². The summed E-state index contributed by atoms with van der Waals surface area (Å²) in [7, 11) is 0. The summed E-state index contributed by atoms with van der Waals surface area (Å²) in [5, 5.41) is 0. The maximum atomic E-state index is 13.2. The minimum atomic E-state index is -0.292. The Bertz CT molecular complexity index is 2260. The second-order valence-corrected chi connectivity index (χ2v) is 12.7. The number of hydrogen-bond donors (Lipinski definition) is 0. The molecule has 0 bridgehead atoms. The van der Waals surface area contributed by atoms with Gasteiger partial charge in [0, 0.05) is 24.4 Å². The summed E-state index contributed by atoms with van der Waals surface area (Å²) < 4.78 is 13.2. The van der Waals surface area contributed by atoms with E-state index in [4.69, 9.17) is 0 Å². The number of hydrogen-bond acceptors (Lipinski definition) is 3. The molecule has 0 amide bonds. The van der Waals surface area contributed by atoms with E-state index in [1.54, 1.807) is 12.3 Å². The van der Waals surface area contributed by atoms with E-state index in [1.807, 2.05) is 79.1 Å². The predicted octanol–water partition coefficient (Wildman–Crippen LogP) is 11.3. The van der Waals surface area contributed by atoms with Crippen molar-refractivity contribution in [3.8, 4) is 44.9 Å². The topological polar surface area (TPSA) is 38.7 Å². The molecule has 0 N–H and O–H groups in total. The zero-order valence-electron chi connectivity index (χ0n) is 29.6. The molecule has 3 heterocycles. The van der Waals surface area contributed by atoms with Gasteiger partial charge in [-0.2, -0.15) is 0 Å². The number of rotatable bonds is 10. The number of halogens is 1. The van der Waals surface area contributed by atoms with Gasteiger partial charge in [0.1, 0.15) is 0 Å². The molecule has 54 heavy (non-hydrogen) atoms. The van der Waals surface area contributed by atoms with Crippen LogP contribution < -0.4 is 0 Å². The van der Waals surface area contributed by atoms with Crippen LogP contribution >= 0.6 is 0 Å². The average Bonchev–Trinajstić information content (AvgIpc) is 3.24.